The summed E-state index contributed by atoms with van der Waals surface area (Å²) in [6, 6.07) is 7.59. The number of nitrogens with one attached hydrogen (secondary N) is 1. The van der Waals surface area contributed by atoms with E-state index < -0.39 is 6.04 Å². The van der Waals surface area contributed by atoms with Crippen LogP contribution in [0.25, 0.3) is 0 Å². The van der Waals surface area contributed by atoms with Crippen LogP contribution in [0.15, 0.2) is 24.3 Å². The summed E-state index contributed by atoms with van der Waals surface area (Å²) >= 11 is 0. The van der Waals surface area contributed by atoms with Crippen molar-refractivity contribution in [2.24, 2.45) is 5.41 Å². The van der Waals surface area contributed by atoms with Crippen molar-refractivity contribution in [2.45, 2.75) is 40.3 Å². The zero-order valence-electron chi connectivity index (χ0n) is 12.6. The van der Waals surface area contributed by atoms with Gasteiger partial charge in [0.25, 0.3) is 0 Å². The lowest BCUT2D eigenvalue weighted by molar-refractivity contribution is -0.147. The molecule has 0 spiro atoms. The molecule has 0 radical (unpaired) electrons. The van der Waals surface area contributed by atoms with Gasteiger partial charge in [-0.25, -0.2) is 0 Å². The number of rotatable bonds is 2. The minimum Gasteiger partial charge on any atom is -0.342 e. The predicted molar refractivity (Wildman–Crippen MR) is 78.0 cm³/mol. The molecule has 2 amide bonds. The van der Waals surface area contributed by atoms with Crippen molar-refractivity contribution in [3.8, 4) is 0 Å². The van der Waals surface area contributed by atoms with Crippen LogP contribution in [-0.2, 0) is 16.1 Å². The number of aryl methyl sites for hydroxylation is 1. The zero-order chi connectivity index (χ0) is 14.9. The Kier molecular flexibility index (Phi) is 3.84. The smallest absolute Gasteiger partial charge is 0.246 e. The highest BCUT2D eigenvalue weighted by Crippen LogP contribution is 2.24. The second-order valence-corrected chi connectivity index (χ2v) is 6.55. The van der Waals surface area contributed by atoms with Gasteiger partial charge in [0.15, 0.2) is 0 Å². The molecule has 0 aromatic heterocycles. The maximum atomic E-state index is 12.5. The molecule has 1 aliphatic rings. The third-order valence-electron chi connectivity index (χ3n) is 3.56. The Morgan fingerprint density at radius 2 is 1.80 bits per heavy atom. The monoisotopic (exact) mass is 274 g/mol. The Balaban J connectivity index is 2.16. The molecule has 1 unspecified atom stereocenters. The average molecular weight is 274 g/mol. The summed E-state index contributed by atoms with van der Waals surface area (Å²) in [5.74, 6) is -0.0886. The fraction of sp³-hybridized carbons (Fsp3) is 0.500. The fourth-order valence-corrected chi connectivity index (χ4v) is 2.34. The lowest BCUT2D eigenvalue weighted by Crippen LogP contribution is -2.61. The standard InChI is InChI=1S/C16H22N2O2/c1-11-5-7-12(8-6-11)9-18-10-13(19)17-14(15(18)20)16(2,3)4/h5-8,14H,9-10H2,1-4H3,(H,17,19). The summed E-state index contributed by atoms with van der Waals surface area (Å²) in [4.78, 5) is 26.0. The van der Waals surface area contributed by atoms with Crippen LogP contribution in [0.3, 0.4) is 0 Å². The summed E-state index contributed by atoms with van der Waals surface area (Å²) in [6.45, 7) is 8.54. The van der Waals surface area contributed by atoms with Crippen LogP contribution in [0.1, 0.15) is 31.9 Å². The van der Waals surface area contributed by atoms with Crippen molar-refractivity contribution in [1.82, 2.24) is 10.2 Å². The molecular weight excluding hydrogens is 252 g/mol. The molecule has 0 aliphatic carbocycles. The topological polar surface area (TPSA) is 49.4 Å². The van der Waals surface area contributed by atoms with Crippen molar-refractivity contribution in [3.05, 3.63) is 35.4 Å². The first-order valence-electron chi connectivity index (χ1n) is 6.91. The van der Waals surface area contributed by atoms with Crippen LogP contribution < -0.4 is 5.32 Å². The second kappa shape index (κ2) is 5.27. The number of hydrogen-bond donors (Lipinski definition) is 1. The zero-order valence-corrected chi connectivity index (χ0v) is 12.6. The molecule has 108 valence electrons. The Morgan fingerprint density at radius 3 is 2.35 bits per heavy atom. The quantitative estimate of drug-likeness (QED) is 0.895. The van der Waals surface area contributed by atoms with E-state index >= 15 is 0 Å². The molecule has 1 aromatic carbocycles. The van der Waals surface area contributed by atoms with E-state index in [0.717, 1.165) is 5.56 Å². The van der Waals surface area contributed by atoms with Gasteiger partial charge in [0, 0.05) is 6.54 Å². The minimum atomic E-state index is -0.450. The van der Waals surface area contributed by atoms with Crippen molar-refractivity contribution in [1.29, 1.82) is 0 Å². The molecule has 1 aliphatic heterocycles. The Morgan fingerprint density at radius 1 is 1.20 bits per heavy atom. The number of piperazine rings is 1. The second-order valence-electron chi connectivity index (χ2n) is 6.55. The van der Waals surface area contributed by atoms with Crippen LogP contribution in [0.2, 0.25) is 0 Å². The molecule has 1 atom stereocenters. The van der Waals surface area contributed by atoms with E-state index in [1.165, 1.54) is 5.56 Å². The SMILES string of the molecule is Cc1ccc(CN2CC(=O)NC(C(C)(C)C)C2=O)cc1. The van der Waals surface area contributed by atoms with E-state index in [2.05, 4.69) is 5.32 Å². The lowest BCUT2D eigenvalue weighted by Gasteiger charge is -2.38. The van der Waals surface area contributed by atoms with Gasteiger partial charge < -0.3 is 10.2 Å². The number of amides is 2. The van der Waals surface area contributed by atoms with E-state index in [0.29, 0.717) is 6.54 Å². The van der Waals surface area contributed by atoms with Crippen molar-refractivity contribution in [3.63, 3.8) is 0 Å². The molecule has 2 rings (SSSR count). The molecule has 1 N–H and O–H groups in total. The van der Waals surface area contributed by atoms with Crippen LogP contribution in [0.5, 0.6) is 0 Å². The van der Waals surface area contributed by atoms with Gasteiger partial charge in [-0.05, 0) is 17.9 Å². The summed E-state index contributed by atoms with van der Waals surface area (Å²) in [5.41, 5.74) is 1.95. The van der Waals surface area contributed by atoms with E-state index in [9.17, 15) is 9.59 Å². The average Bonchev–Trinajstić information content (AvgIpc) is 2.35. The summed E-state index contributed by atoms with van der Waals surface area (Å²) in [6.07, 6.45) is 0. The van der Waals surface area contributed by atoms with E-state index in [4.69, 9.17) is 0 Å². The van der Waals surface area contributed by atoms with Crippen LogP contribution in [-0.4, -0.2) is 29.3 Å². The number of benzene rings is 1. The predicted octanol–water partition coefficient (Wildman–Crippen LogP) is 1.87. The van der Waals surface area contributed by atoms with Crippen molar-refractivity contribution < 1.29 is 9.59 Å². The number of carbonyl (C=O) groups excluding carboxylic acids is 2. The Labute approximate surface area is 120 Å². The number of nitrogens with zero attached hydrogens (tertiary/aromatic N) is 1. The van der Waals surface area contributed by atoms with Gasteiger partial charge in [0.1, 0.15) is 6.04 Å². The van der Waals surface area contributed by atoms with Gasteiger partial charge in [-0.15, -0.1) is 0 Å². The van der Waals surface area contributed by atoms with Crippen LogP contribution in [0.4, 0.5) is 0 Å². The molecule has 1 fully saturated rings. The fourth-order valence-electron chi connectivity index (χ4n) is 2.34. The van der Waals surface area contributed by atoms with E-state index in [1.807, 2.05) is 52.0 Å². The summed E-state index contributed by atoms with van der Waals surface area (Å²) in [5, 5.41) is 2.80. The maximum absolute atomic E-state index is 12.5. The highest BCUT2D eigenvalue weighted by Gasteiger charge is 2.39. The van der Waals surface area contributed by atoms with Gasteiger partial charge in [-0.3, -0.25) is 9.59 Å². The third kappa shape index (κ3) is 3.18. The first-order chi connectivity index (χ1) is 9.27. The molecule has 0 bridgehead atoms. The van der Waals surface area contributed by atoms with Crippen LogP contribution >= 0.6 is 0 Å². The van der Waals surface area contributed by atoms with E-state index in [-0.39, 0.29) is 23.8 Å². The molecule has 4 heteroatoms. The molecule has 1 heterocycles. The highest BCUT2D eigenvalue weighted by atomic mass is 16.2. The first-order valence-corrected chi connectivity index (χ1v) is 6.91. The number of hydrogen-bond acceptors (Lipinski definition) is 2. The normalized spacial score (nSPS) is 20.0. The first kappa shape index (κ1) is 14.6. The van der Waals surface area contributed by atoms with Crippen LogP contribution in [0, 0.1) is 12.3 Å². The van der Waals surface area contributed by atoms with Gasteiger partial charge in [0.05, 0.1) is 6.54 Å². The highest BCUT2D eigenvalue weighted by molar-refractivity contribution is 5.95. The molecular formula is C16H22N2O2. The minimum absolute atomic E-state index is 0.00215. The summed E-state index contributed by atoms with van der Waals surface area (Å²) in [7, 11) is 0. The van der Waals surface area contributed by atoms with Crippen molar-refractivity contribution >= 4 is 11.8 Å². The summed E-state index contributed by atoms with van der Waals surface area (Å²) < 4.78 is 0. The Hall–Kier alpha value is -1.84. The van der Waals surface area contributed by atoms with Gasteiger partial charge in [-0.2, -0.15) is 0 Å². The third-order valence-corrected chi connectivity index (χ3v) is 3.56. The molecule has 20 heavy (non-hydrogen) atoms. The van der Waals surface area contributed by atoms with Gasteiger partial charge in [0.2, 0.25) is 11.8 Å². The maximum Gasteiger partial charge on any atom is 0.246 e. The largest absolute Gasteiger partial charge is 0.342 e. The number of carbonyl (C=O) groups is 2. The van der Waals surface area contributed by atoms with E-state index in [1.54, 1.807) is 4.90 Å². The Bertz CT molecular complexity index is 514. The van der Waals surface area contributed by atoms with Crippen molar-refractivity contribution in [2.75, 3.05) is 6.54 Å². The molecule has 0 saturated carbocycles. The molecule has 1 aromatic rings. The van der Waals surface area contributed by atoms with Gasteiger partial charge >= 0.3 is 0 Å². The molecule has 4 nitrogen and oxygen atoms in total. The lowest BCUT2D eigenvalue weighted by atomic mass is 9.84. The van der Waals surface area contributed by atoms with Gasteiger partial charge in [-0.1, -0.05) is 50.6 Å². The molecule has 1 saturated heterocycles.